The number of amides is 1. The molecule has 3 rings (SSSR count). The van der Waals surface area contributed by atoms with Gasteiger partial charge in [0, 0.05) is 16.0 Å². The van der Waals surface area contributed by atoms with Crippen molar-refractivity contribution >= 4 is 34.9 Å². The molecule has 2 aromatic heterocycles. The minimum absolute atomic E-state index is 0.0697. The van der Waals surface area contributed by atoms with Crippen molar-refractivity contribution in [3.05, 3.63) is 87.5 Å². The number of rotatable bonds is 6. The summed E-state index contributed by atoms with van der Waals surface area (Å²) in [6, 6.07) is 15.1. The van der Waals surface area contributed by atoms with Crippen LogP contribution in [-0.2, 0) is 17.9 Å². The Morgan fingerprint density at radius 2 is 2.08 bits per heavy atom. The average molecular weight is 358 g/mol. The van der Waals surface area contributed by atoms with Crippen LogP contribution in [-0.4, -0.2) is 10.8 Å². The topological polar surface area (TPSA) is 33.5 Å². The van der Waals surface area contributed by atoms with Crippen molar-refractivity contribution in [3.8, 4) is 0 Å². The van der Waals surface area contributed by atoms with Crippen LogP contribution < -0.4 is 0 Å². The molecule has 0 atom stereocenters. The standard InChI is InChI=1S/C19H16ClNO2S/c20-16-5-1-4-15(12-16)8-9-19(22)21(13-17-6-2-10-23-17)14-18-7-3-11-24-18/h1-12H,13-14H2/b9-8+. The molecule has 0 radical (unpaired) electrons. The van der Waals surface area contributed by atoms with Gasteiger partial charge in [0.15, 0.2) is 0 Å². The zero-order valence-electron chi connectivity index (χ0n) is 12.9. The predicted molar refractivity (Wildman–Crippen MR) is 97.8 cm³/mol. The van der Waals surface area contributed by atoms with Crippen molar-refractivity contribution in [2.45, 2.75) is 13.1 Å². The number of hydrogen-bond donors (Lipinski definition) is 0. The van der Waals surface area contributed by atoms with E-state index in [9.17, 15) is 4.79 Å². The van der Waals surface area contributed by atoms with Crippen molar-refractivity contribution in [1.82, 2.24) is 4.90 Å². The van der Waals surface area contributed by atoms with Gasteiger partial charge in [-0.15, -0.1) is 11.3 Å². The van der Waals surface area contributed by atoms with Crippen LogP contribution in [0.5, 0.6) is 0 Å². The first-order chi connectivity index (χ1) is 11.7. The molecular weight excluding hydrogens is 342 g/mol. The van der Waals surface area contributed by atoms with E-state index in [1.54, 1.807) is 40.7 Å². The van der Waals surface area contributed by atoms with Crippen molar-refractivity contribution in [2.75, 3.05) is 0 Å². The molecule has 0 unspecified atom stereocenters. The summed E-state index contributed by atoms with van der Waals surface area (Å²) in [7, 11) is 0. The van der Waals surface area contributed by atoms with Crippen molar-refractivity contribution < 1.29 is 9.21 Å². The van der Waals surface area contributed by atoms with E-state index in [0.29, 0.717) is 18.1 Å². The fourth-order valence-electron chi connectivity index (χ4n) is 2.28. The Hall–Kier alpha value is -2.30. The van der Waals surface area contributed by atoms with E-state index < -0.39 is 0 Å². The summed E-state index contributed by atoms with van der Waals surface area (Å²) in [6.07, 6.45) is 4.96. The quantitative estimate of drug-likeness (QED) is 0.565. The molecule has 0 aliphatic carbocycles. The Kier molecular flexibility index (Phi) is 5.51. The van der Waals surface area contributed by atoms with Crippen molar-refractivity contribution in [1.29, 1.82) is 0 Å². The molecule has 0 saturated heterocycles. The minimum Gasteiger partial charge on any atom is -0.467 e. The fourth-order valence-corrected chi connectivity index (χ4v) is 3.19. The Labute approximate surface area is 149 Å². The molecule has 2 heterocycles. The van der Waals surface area contributed by atoms with Crippen molar-refractivity contribution in [3.63, 3.8) is 0 Å². The lowest BCUT2D eigenvalue weighted by Crippen LogP contribution is -2.27. The first kappa shape index (κ1) is 16.6. The van der Waals surface area contributed by atoms with Gasteiger partial charge < -0.3 is 9.32 Å². The van der Waals surface area contributed by atoms with Gasteiger partial charge in [0.05, 0.1) is 19.4 Å². The summed E-state index contributed by atoms with van der Waals surface area (Å²) >= 11 is 7.60. The average Bonchev–Trinajstić information content (AvgIpc) is 3.26. The number of carbonyl (C=O) groups is 1. The van der Waals surface area contributed by atoms with Gasteiger partial charge in [-0.1, -0.05) is 29.8 Å². The molecule has 0 spiro atoms. The summed E-state index contributed by atoms with van der Waals surface area (Å²) in [5.41, 5.74) is 0.893. The van der Waals surface area contributed by atoms with Crippen LogP contribution in [0.4, 0.5) is 0 Å². The number of carbonyl (C=O) groups excluding carboxylic acids is 1. The van der Waals surface area contributed by atoms with E-state index in [1.807, 2.05) is 47.8 Å². The lowest BCUT2D eigenvalue weighted by Gasteiger charge is -2.19. The number of nitrogens with zero attached hydrogens (tertiary/aromatic N) is 1. The van der Waals surface area contributed by atoms with Gasteiger partial charge in [-0.25, -0.2) is 0 Å². The number of halogens is 1. The molecule has 3 aromatic rings. The number of furan rings is 1. The highest BCUT2D eigenvalue weighted by molar-refractivity contribution is 7.09. The van der Waals surface area contributed by atoms with Crippen LogP contribution in [0.25, 0.3) is 6.08 Å². The second kappa shape index (κ2) is 7.99. The Balaban J connectivity index is 1.74. The molecule has 0 aliphatic heterocycles. The van der Waals surface area contributed by atoms with E-state index in [0.717, 1.165) is 16.2 Å². The minimum atomic E-state index is -0.0697. The molecule has 1 aromatic carbocycles. The zero-order valence-corrected chi connectivity index (χ0v) is 14.5. The van der Waals surface area contributed by atoms with Gasteiger partial charge in [0.2, 0.25) is 5.91 Å². The number of benzene rings is 1. The molecular formula is C19H16ClNO2S. The first-order valence-electron chi connectivity index (χ1n) is 7.48. The third-order valence-corrected chi connectivity index (χ3v) is 4.53. The SMILES string of the molecule is O=C(/C=C/c1cccc(Cl)c1)N(Cc1ccco1)Cc1cccs1. The third-order valence-electron chi connectivity index (χ3n) is 3.43. The monoisotopic (exact) mass is 357 g/mol. The van der Waals surface area contributed by atoms with E-state index in [1.165, 1.54) is 0 Å². The summed E-state index contributed by atoms with van der Waals surface area (Å²) in [5.74, 6) is 0.691. The second-order valence-corrected chi connectivity index (χ2v) is 6.71. The number of hydrogen-bond acceptors (Lipinski definition) is 3. The third kappa shape index (κ3) is 4.60. The maximum atomic E-state index is 12.6. The second-order valence-electron chi connectivity index (χ2n) is 5.24. The van der Waals surface area contributed by atoms with Crippen LogP contribution in [0, 0.1) is 0 Å². The van der Waals surface area contributed by atoms with E-state index in [2.05, 4.69) is 0 Å². The highest BCUT2D eigenvalue weighted by Gasteiger charge is 2.14. The Morgan fingerprint density at radius 1 is 1.17 bits per heavy atom. The van der Waals surface area contributed by atoms with E-state index >= 15 is 0 Å². The molecule has 0 fully saturated rings. The molecule has 0 saturated carbocycles. The zero-order chi connectivity index (χ0) is 16.8. The summed E-state index contributed by atoms with van der Waals surface area (Å²) in [6.45, 7) is 0.987. The van der Waals surface area contributed by atoms with Crippen molar-refractivity contribution in [2.24, 2.45) is 0 Å². The van der Waals surface area contributed by atoms with Gasteiger partial charge in [-0.05, 0) is 47.4 Å². The smallest absolute Gasteiger partial charge is 0.247 e. The summed E-state index contributed by atoms with van der Waals surface area (Å²) in [4.78, 5) is 15.5. The molecule has 122 valence electrons. The molecule has 3 nitrogen and oxygen atoms in total. The predicted octanol–water partition coefficient (Wildman–Crippen LogP) is 5.24. The lowest BCUT2D eigenvalue weighted by atomic mass is 10.2. The Bertz CT molecular complexity index is 774. The normalized spacial score (nSPS) is 11.0. The largest absolute Gasteiger partial charge is 0.467 e. The molecule has 0 N–H and O–H groups in total. The van der Waals surface area contributed by atoms with Crippen LogP contribution in [0.1, 0.15) is 16.2 Å². The van der Waals surface area contributed by atoms with Gasteiger partial charge in [-0.3, -0.25) is 4.79 Å². The molecule has 0 bridgehead atoms. The van der Waals surface area contributed by atoms with E-state index in [-0.39, 0.29) is 5.91 Å². The van der Waals surface area contributed by atoms with Crippen LogP contribution in [0.15, 0.2) is 70.7 Å². The lowest BCUT2D eigenvalue weighted by molar-refractivity contribution is -0.127. The highest BCUT2D eigenvalue weighted by Crippen LogP contribution is 2.16. The maximum Gasteiger partial charge on any atom is 0.247 e. The van der Waals surface area contributed by atoms with Crippen LogP contribution >= 0.6 is 22.9 Å². The molecule has 5 heteroatoms. The van der Waals surface area contributed by atoms with E-state index in [4.69, 9.17) is 16.0 Å². The first-order valence-corrected chi connectivity index (χ1v) is 8.74. The highest BCUT2D eigenvalue weighted by atomic mass is 35.5. The van der Waals surface area contributed by atoms with Gasteiger partial charge >= 0.3 is 0 Å². The molecule has 1 amide bonds. The van der Waals surface area contributed by atoms with Gasteiger partial charge in [0.25, 0.3) is 0 Å². The van der Waals surface area contributed by atoms with Gasteiger partial charge in [0.1, 0.15) is 5.76 Å². The van der Waals surface area contributed by atoms with Gasteiger partial charge in [-0.2, -0.15) is 0 Å². The number of thiophene rings is 1. The molecule has 0 aliphatic rings. The maximum absolute atomic E-state index is 12.6. The summed E-state index contributed by atoms with van der Waals surface area (Å²) < 4.78 is 5.38. The molecule has 24 heavy (non-hydrogen) atoms. The van der Waals surface area contributed by atoms with Crippen LogP contribution in [0.3, 0.4) is 0 Å². The van der Waals surface area contributed by atoms with Crippen LogP contribution in [0.2, 0.25) is 5.02 Å². The Morgan fingerprint density at radius 3 is 2.79 bits per heavy atom. The summed E-state index contributed by atoms with van der Waals surface area (Å²) in [5, 5.41) is 2.66. The fraction of sp³-hybridized carbons (Fsp3) is 0.105.